The molecule has 2 amide bonds. The van der Waals surface area contributed by atoms with Crippen molar-refractivity contribution in [2.75, 3.05) is 18.5 Å². The minimum absolute atomic E-state index is 0.00110. The molecule has 1 aromatic heterocycles. The number of benzene rings is 2. The summed E-state index contributed by atoms with van der Waals surface area (Å²) in [5.74, 6) is 0.825. The van der Waals surface area contributed by atoms with E-state index in [1.165, 1.54) is 23.8 Å². The maximum atomic E-state index is 12.4. The lowest BCUT2D eigenvalue weighted by Gasteiger charge is -2.14. The highest BCUT2D eigenvalue weighted by molar-refractivity contribution is 7.14. The number of rotatable bonds is 10. The van der Waals surface area contributed by atoms with Gasteiger partial charge in [-0.05, 0) is 48.4 Å². The molecule has 0 saturated heterocycles. The van der Waals surface area contributed by atoms with Crippen molar-refractivity contribution in [2.45, 2.75) is 46.5 Å². The number of nitrogens with zero attached hydrogens (tertiary/aromatic N) is 1. The van der Waals surface area contributed by atoms with Gasteiger partial charge in [0.1, 0.15) is 5.75 Å². The number of amides is 2. The summed E-state index contributed by atoms with van der Waals surface area (Å²) < 4.78 is 5.81. The number of aryl methyl sites for hydroxylation is 2. The van der Waals surface area contributed by atoms with Crippen molar-refractivity contribution in [3.8, 4) is 17.0 Å². The summed E-state index contributed by atoms with van der Waals surface area (Å²) in [6.45, 7) is 8.36. The van der Waals surface area contributed by atoms with Gasteiger partial charge in [0.05, 0.1) is 5.69 Å². The average molecular weight is 466 g/mol. The highest BCUT2D eigenvalue weighted by Crippen LogP contribution is 2.28. The molecule has 0 atom stereocenters. The third kappa shape index (κ3) is 7.43. The largest absolute Gasteiger partial charge is 0.483 e. The molecular weight excluding hydrogens is 434 g/mol. The van der Waals surface area contributed by atoms with E-state index in [9.17, 15) is 9.59 Å². The van der Waals surface area contributed by atoms with Crippen LogP contribution in [0.5, 0.6) is 5.75 Å². The number of carbonyl (C=O) groups excluding carboxylic acids is 2. The first-order chi connectivity index (χ1) is 15.8. The number of hydrogen-bond donors (Lipinski definition) is 2. The highest BCUT2D eigenvalue weighted by Gasteiger charge is 2.12. The Morgan fingerprint density at radius 2 is 1.88 bits per heavy atom. The predicted octanol–water partition coefficient (Wildman–Crippen LogP) is 5.33. The SMILES string of the molecule is CC(=O)NCCCc1ccc(-c2csc(NC(=O)COc3cc(C)ccc3C(C)C)n2)cc1. The van der Waals surface area contributed by atoms with Crippen LogP contribution in [0.15, 0.2) is 47.8 Å². The lowest BCUT2D eigenvalue weighted by Crippen LogP contribution is -2.21. The molecule has 1 heterocycles. The predicted molar refractivity (Wildman–Crippen MR) is 134 cm³/mol. The zero-order valence-electron chi connectivity index (χ0n) is 19.6. The molecule has 0 radical (unpaired) electrons. The fourth-order valence-corrected chi connectivity index (χ4v) is 4.14. The molecule has 174 valence electrons. The van der Waals surface area contributed by atoms with E-state index in [0.717, 1.165) is 41.0 Å². The first kappa shape index (κ1) is 24.5. The molecule has 33 heavy (non-hydrogen) atoms. The smallest absolute Gasteiger partial charge is 0.264 e. The standard InChI is InChI=1S/C26H31N3O3S/c1-17(2)22-12-7-18(3)14-24(22)32-15-25(31)29-26-28-23(16-33-26)21-10-8-20(9-11-21)6-5-13-27-19(4)30/h7-12,14,16-17H,5-6,13,15H2,1-4H3,(H,27,30)(H,28,29,31). The molecule has 0 bridgehead atoms. The Morgan fingerprint density at radius 1 is 1.12 bits per heavy atom. The van der Waals surface area contributed by atoms with Crippen molar-refractivity contribution in [1.29, 1.82) is 0 Å². The summed E-state index contributed by atoms with van der Waals surface area (Å²) in [4.78, 5) is 27.9. The minimum Gasteiger partial charge on any atom is -0.483 e. The monoisotopic (exact) mass is 465 g/mol. The molecule has 3 rings (SSSR count). The van der Waals surface area contributed by atoms with Gasteiger partial charge < -0.3 is 10.1 Å². The second kappa shape index (κ2) is 11.6. The Kier molecular flexibility index (Phi) is 8.60. The molecule has 0 saturated carbocycles. The molecule has 3 aromatic rings. The van der Waals surface area contributed by atoms with E-state index in [4.69, 9.17) is 4.74 Å². The van der Waals surface area contributed by atoms with Crippen LogP contribution in [0, 0.1) is 6.92 Å². The maximum absolute atomic E-state index is 12.4. The quantitative estimate of drug-likeness (QED) is 0.397. The number of nitrogens with one attached hydrogen (secondary N) is 2. The van der Waals surface area contributed by atoms with Gasteiger partial charge in [-0.1, -0.05) is 50.2 Å². The Balaban J connectivity index is 1.53. The molecular formula is C26H31N3O3S. The van der Waals surface area contributed by atoms with E-state index < -0.39 is 0 Å². The van der Waals surface area contributed by atoms with Crippen molar-refractivity contribution < 1.29 is 14.3 Å². The third-order valence-corrected chi connectivity index (χ3v) is 5.92. The van der Waals surface area contributed by atoms with Crippen LogP contribution < -0.4 is 15.4 Å². The first-order valence-corrected chi connectivity index (χ1v) is 12.0. The molecule has 0 aliphatic rings. The van der Waals surface area contributed by atoms with Crippen molar-refractivity contribution in [2.24, 2.45) is 0 Å². The van der Waals surface area contributed by atoms with Crippen LogP contribution in [0.1, 0.15) is 49.8 Å². The molecule has 0 aliphatic heterocycles. The van der Waals surface area contributed by atoms with E-state index in [1.807, 2.05) is 30.5 Å². The third-order valence-electron chi connectivity index (χ3n) is 5.17. The minimum atomic E-state index is -0.235. The Labute approximate surface area is 199 Å². The first-order valence-electron chi connectivity index (χ1n) is 11.1. The number of aromatic nitrogens is 1. The van der Waals surface area contributed by atoms with Crippen molar-refractivity contribution in [3.63, 3.8) is 0 Å². The van der Waals surface area contributed by atoms with Gasteiger partial charge in [0.2, 0.25) is 5.91 Å². The van der Waals surface area contributed by atoms with Crippen LogP contribution in [0.4, 0.5) is 5.13 Å². The van der Waals surface area contributed by atoms with Crippen LogP contribution in [-0.2, 0) is 16.0 Å². The van der Waals surface area contributed by atoms with Gasteiger partial charge in [-0.25, -0.2) is 4.98 Å². The summed E-state index contributed by atoms with van der Waals surface area (Å²) >= 11 is 1.39. The molecule has 7 heteroatoms. The molecule has 0 spiro atoms. The Bertz CT molecular complexity index is 1090. The lowest BCUT2D eigenvalue weighted by molar-refractivity contribution is -0.119. The van der Waals surface area contributed by atoms with Gasteiger partial charge in [0.25, 0.3) is 5.91 Å². The van der Waals surface area contributed by atoms with Crippen LogP contribution in [-0.4, -0.2) is 29.9 Å². The topological polar surface area (TPSA) is 80.3 Å². The maximum Gasteiger partial charge on any atom is 0.264 e. The summed E-state index contributed by atoms with van der Waals surface area (Å²) in [6, 6.07) is 14.3. The number of ether oxygens (including phenoxy) is 1. The number of hydrogen-bond acceptors (Lipinski definition) is 5. The lowest BCUT2D eigenvalue weighted by atomic mass is 10.0. The number of carbonyl (C=O) groups is 2. The van der Waals surface area contributed by atoms with Gasteiger partial charge in [-0.15, -0.1) is 11.3 Å². The molecule has 2 aromatic carbocycles. The van der Waals surface area contributed by atoms with Gasteiger partial charge in [-0.2, -0.15) is 0 Å². The zero-order chi connectivity index (χ0) is 23.8. The summed E-state index contributed by atoms with van der Waals surface area (Å²) in [7, 11) is 0. The highest BCUT2D eigenvalue weighted by atomic mass is 32.1. The van der Waals surface area contributed by atoms with E-state index >= 15 is 0 Å². The molecule has 2 N–H and O–H groups in total. The summed E-state index contributed by atoms with van der Waals surface area (Å²) in [5.41, 5.74) is 5.21. The summed E-state index contributed by atoms with van der Waals surface area (Å²) in [6.07, 6.45) is 1.80. The van der Waals surface area contributed by atoms with Crippen LogP contribution in [0.3, 0.4) is 0 Å². The number of thiazole rings is 1. The van der Waals surface area contributed by atoms with Crippen LogP contribution in [0.2, 0.25) is 0 Å². The fourth-order valence-electron chi connectivity index (χ4n) is 3.41. The van der Waals surface area contributed by atoms with Gasteiger partial charge in [0, 0.05) is 24.4 Å². The van der Waals surface area contributed by atoms with Crippen LogP contribution in [0.25, 0.3) is 11.3 Å². The average Bonchev–Trinajstić information content (AvgIpc) is 3.24. The van der Waals surface area contributed by atoms with Gasteiger partial charge in [-0.3, -0.25) is 14.9 Å². The van der Waals surface area contributed by atoms with E-state index in [2.05, 4.69) is 53.7 Å². The van der Waals surface area contributed by atoms with E-state index in [-0.39, 0.29) is 18.4 Å². The van der Waals surface area contributed by atoms with Crippen molar-refractivity contribution in [3.05, 3.63) is 64.5 Å². The van der Waals surface area contributed by atoms with Crippen molar-refractivity contribution >= 4 is 28.3 Å². The fraction of sp³-hybridized carbons (Fsp3) is 0.346. The van der Waals surface area contributed by atoms with E-state index in [0.29, 0.717) is 17.6 Å². The molecule has 0 fully saturated rings. The van der Waals surface area contributed by atoms with Gasteiger partial charge >= 0.3 is 0 Å². The zero-order valence-corrected chi connectivity index (χ0v) is 20.4. The Morgan fingerprint density at radius 3 is 2.58 bits per heavy atom. The Hall–Kier alpha value is -3.19. The summed E-state index contributed by atoms with van der Waals surface area (Å²) in [5, 5.41) is 8.12. The van der Waals surface area contributed by atoms with Crippen LogP contribution >= 0.6 is 11.3 Å². The number of anilines is 1. The van der Waals surface area contributed by atoms with Gasteiger partial charge in [0.15, 0.2) is 11.7 Å². The molecule has 0 unspecified atom stereocenters. The van der Waals surface area contributed by atoms with Crippen molar-refractivity contribution in [1.82, 2.24) is 10.3 Å². The second-order valence-corrected chi connectivity index (χ2v) is 9.21. The molecule has 6 nitrogen and oxygen atoms in total. The van der Waals surface area contributed by atoms with E-state index in [1.54, 1.807) is 0 Å². The normalized spacial score (nSPS) is 10.8. The molecule has 0 aliphatic carbocycles. The second-order valence-electron chi connectivity index (χ2n) is 8.35.